The lowest BCUT2D eigenvalue weighted by molar-refractivity contribution is -0.166. The van der Waals surface area contributed by atoms with Gasteiger partial charge >= 0.3 is 17.9 Å². The Bertz CT molecular complexity index is 1410. The molecule has 3 N–H and O–H groups in total. The van der Waals surface area contributed by atoms with Crippen molar-refractivity contribution < 1.29 is 33.3 Å². The Morgan fingerprint density at radius 3 is 2.35 bits per heavy atom. The van der Waals surface area contributed by atoms with Crippen LogP contribution in [0.5, 0.6) is 0 Å². The summed E-state index contributed by atoms with van der Waals surface area (Å²) in [4.78, 5) is 59.1. The van der Waals surface area contributed by atoms with E-state index < -0.39 is 48.0 Å². The highest BCUT2D eigenvalue weighted by Gasteiger charge is 2.51. The summed E-state index contributed by atoms with van der Waals surface area (Å²) < 4.78 is 23.6. The summed E-state index contributed by atoms with van der Waals surface area (Å²) in [6, 6.07) is 9.32. The van der Waals surface area contributed by atoms with Gasteiger partial charge in [0.1, 0.15) is 18.5 Å². The van der Waals surface area contributed by atoms with Crippen LogP contribution in [0.1, 0.15) is 38.4 Å². The number of carbonyl (C=O) groups is 3. The van der Waals surface area contributed by atoms with Gasteiger partial charge in [0.25, 0.3) is 5.56 Å². The maximum Gasteiger partial charge on any atom is 0.303 e. The van der Waals surface area contributed by atoms with Gasteiger partial charge in [0, 0.05) is 20.8 Å². The fourth-order valence-corrected chi connectivity index (χ4v) is 4.02. The van der Waals surface area contributed by atoms with Crippen molar-refractivity contribution in [2.45, 2.75) is 45.3 Å². The number of hydrogen-bond acceptors (Lipinski definition) is 11. The minimum atomic E-state index is -1.20. The van der Waals surface area contributed by atoms with Crippen LogP contribution in [-0.4, -0.2) is 62.3 Å². The van der Waals surface area contributed by atoms with E-state index in [9.17, 15) is 19.2 Å². The first-order valence-corrected chi connectivity index (χ1v) is 11.3. The third kappa shape index (κ3) is 5.67. The molecule has 3 aromatic rings. The maximum atomic E-state index is 12.6. The molecule has 3 heterocycles. The Labute approximate surface area is 210 Å². The number of anilines is 1. The van der Waals surface area contributed by atoms with Gasteiger partial charge in [-0.2, -0.15) is 4.98 Å². The van der Waals surface area contributed by atoms with E-state index >= 15 is 0 Å². The van der Waals surface area contributed by atoms with Gasteiger partial charge < -0.3 is 24.7 Å². The van der Waals surface area contributed by atoms with E-state index in [0.29, 0.717) is 0 Å². The molecule has 13 heteroatoms. The van der Waals surface area contributed by atoms with E-state index in [1.165, 1.54) is 25.3 Å². The van der Waals surface area contributed by atoms with Crippen LogP contribution in [0.4, 0.5) is 5.95 Å². The first kappa shape index (κ1) is 25.6. The number of benzene rings is 1. The molecule has 194 valence electrons. The molecule has 1 fully saturated rings. The van der Waals surface area contributed by atoms with Gasteiger partial charge in [0.05, 0.1) is 0 Å². The SMILES string of the molecule is CC(=O)OC[C@H]1O[C@@H](n2c(/C=C/c3ccccc3)nc3c(=O)[nH]c(N)nc32)[C@@H](OC(C)=O)C1OC(C)=O. The molecule has 1 aromatic carbocycles. The highest BCUT2D eigenvalue weighted by atomic mass is 16.7. The molecule has 1 aliphatic heterocycles. The molecular formula is C24H25N5O8. The Balaban J connectivity index is 1.88. The predicted octanol–water partition coefficient (Wildman–Crippen LogP) is 1.20. The van der Waals surface area contributed by atoms with Crippen molar-refractivity contribution in [1.82, 2.24) is 19.5 Å². The van der Waals surface area contributed by atoms with Gasteiger partial charge in [-0.15, -0.1) is 0 Å². The standard InChI is InChI=1S/C24H25N5O8/c1-12(30)34-11-16-19(35-13(2)31)20(36-14(3)32)23(37-16)29-17(10-9-15-7-5-4-6-8-15)26-18-21(29)27-24(25)28-22(18)33/h4-10,16,19-20,23H,11H2,1-3H3,(H3,25,27,28,33)/b10-9+/t16-,19?,20+,23-/m1/s1. The lowest BCUT2D eigenvalue weighted by atomic mass is 10.1. The molecule has 0 amide bonds. The van der Waals surface area contributed by atoms with Crippen LogP contribution in [-0.2, 0) is 33.3 Å². The number of fused-ring (bicyclic) bond motifs is 1. The van der Waals surface area contributed by atoms with Crippen molar-refractivity contribution >= 4 is 47.2 Å². The molecule has 1 aliphatic rings. The number of ether oxygens (including phenoxy) is 4. The first-order valence-electron chi connectivity index (χ1n) is 11.3. The lowest BCUT2D eigenvalue weighted by Crippen LogP contribution is -2.40. The number of carbonyl (C=O) groups excluding carboxylic acids is 3. The van der Waals surface area contributed by atoms with Crippen LogP contribution in [0.2, 0.25) is 0 Å². The number of rotatable bonds is 7. The number of nitrogens with two attached hydrogens (primary N) is 1. The number of aromatic amines is 1. The molecule has 0 saturated carbocycles. The quantitative estimate of drug-likeness (QED) is 0.344. The highest BCUT2D eigenvalue weighted by molar-refractivity contribution is 5.77. The van der Waals surface area contributed by atoms with E-state index in [2.05, 4.69) is 15.0 Å². The zero-order valence-corrected chi connectivity index (χ0v) is 20.2. The molecular weight excluding hydrogens is 486 g/mol. The molecule has 2 aromatic heterocycles. The fraction of sp³-hybridized carbons (Fsp3) is 0.333. The van der Waals surface area contributed by atoms with E-state index in [4.69, 9.17) is 24.7 Å². The fourth-order valence-electron chi connectivity index (χ4n) is 4.02. The van der Waals surface area contributed by atoms with Crippen LogP contribution in [0, 0.1) is 0 Å². The van der Waals surface area contributed by atoms with Crippen LogP contribution in [0.3, 0.4) is 0 Å². The van der Waals surface area contributed by atoms with Crippen molar-refractivity contribution in [1.29, 1.82) is 0 Å². The highest BCUT2D eigenvalue weighted by Crippen LogP contribution is 2.37. The minimum absolute atomic E-state index is 0.0421. The average Bonchev–Trinajstić information content (AvgIpc) is 3.34. The number of aromatic nitrogens is 4. The monoisotopic (exact) mass is 511 g/mol. The molecule has 0 aliphatic carbocycles. The normalized spacial score (nSPS) is 21.3. The van der Waals surface area contributed by atoms with E-state index in [-0.39, 0.29) is 29.5 Å². The van der Waals surface area contributed by atoms with Crippen LogP contribution < -0.4 is 11.3 Å². The Hall–Kier alpha value is -4.52. The molecule has 1 unspecified atom stereocenters. The number of imidazole rings is 1. The molecule has 13 nitrogen and oxygen atoms in total. The summed E-state index contributed by atoms with van der Waals surface area (Å²) in [5.74, 6) is -1.89. The minimum Gasteiger partial charge on any atom is -0.463 e. The number of nitrogens with one attached hydrogen (secondary N) is 1. The topological polar surface area (TPSA) is 178 Å². The first-order chi connectivity index (χ1) is 17.6. The zero-order chi connectivity index (χ0) is 26.7. The molecule has 0 spiro atoms. The number of esters is 3. The second kappa shape index (κ2) is 10.6. The van der Waals surface area contributed by atoms with Gasteiger partial charge in [0.2, 0.25) is 5.95 Å². The van der Waals surface area contributed by atoms with Crippen molar-refractivity contribution in [3.05, 3.63) is 52.1 Å². The van der Waals surface area contributed by atoms with Crippen molar-refractivity contribution in [3.8, 4) is 0 Å². The third-order valence-corrected chi connectivity index (χ3v) is 5.42. The van der Waals surface area contributed by atoms with Gasteiger partial charge in [-0.3, -0.25) is 28.7 Å². The molecule has 4 atom stereocenters. The van der Waals surface area contributed by atoms with Gasteiger partial charge in [-0.25, -0.2) is 4.98 Å². The zero-order valence-electron chi connectivity index (χ0n) is 20.2. The summed E-state index contributed by atoms with van der Waals surface area (Å²) in [6.45, 7) is 3.29. The molecule has 37 heavy (non-hydrogen) atoms. The van der Waals surface area contributed by atoms with E-state index in [0.717, 1.165) is 5.56 Å². The Morgan fingerprint density at radius 2 is 1.70 bits per heavy atom. The number of hydrogen-bond donors (Lipinski definition) is 2. The lowest BCUT2D eigenvalue weighted by Gasteiger charge is -2.24. The van der Waals surface area contributed by atoms with Gasteiger partial charge in [-0.1, -0.05) is 36.4 Å². The van der Waals surface area contributed by atoms with Crippen molar-refractivity contribution in [2.75, 3.05) is 12.3 Å². The van der Waals surface area contributed by atoms with Gasteiger partial charge in [-0.05, 0) is 11.6 Å². The molecule has 0 radical (unpaired) electrons. The van der Waals surface area contributed by atoms with Gasteiger partial charge in [0.15, 0.2) is 29.6 Å². The second-order valence-corrected chi connectivity index (χ2v) is 8.22. The second-order valence-electron chi connectivity index (χ2n) is 8.22. The average molecular weight is 511 g/mol. The van der Waals surface area contributed by atoms with Crippen molar-refractivity contribution in [2.24, 2.45) is 0 Å². The largest absolute Gasteiger partial charge is 0.463 e. The predicted molar refractivity (Wildman–Crippen MR) is 130 cm³/mol. The molecule has 4 rings (SSSR count). The van der Waals surface area contributed by atoms with E-state index in [1.807, 2.05) is 30.3 Å². The Morgan fingerprint density at radius 1 is 1.03 bits per heavy atom. The van der Waals surface area contributed by atoms with Crippen molar-refractivity contribution in [3.63, 3.8) is 0 Å². The smallest absolute Gasteiger partial charge is 0.303 e. The number of nitrogen functional groups attached to an aromatic ring is 1. The summed E-state index contributed by atoms with van der Waals surface area (Å²) in [7, 11) is 0. The summed E-state index contributed by atoms with van der Waals surface area (Å²) in [5.41, 5.74) is 6.06. The third-order valence-electron chi connectivity index (χ3n) is 5.42. The van der Waals surface area contributed by atoms with Crippen LogP contribution in [0.15, 0.2) is 35.1 Å². The summed E-state index contributed by atoms with van der Waals surface area (Å²) in [6.07, 6.45) is -1.15. The summed E-state index contributed by atoms with van der Waals surface area (Å²) in [5, 5.41) is 0. The number of H-pyrrole nitrogens is 1. The van der Waals surface area contributed by atoms with Crippen LogP contribution in [0.25, 0.3) is 23.3 Å². The molecule has 0 bridgehead atoms. The van der Waals surface area contributed by atoms with Crippen LogP contribution >= 0.6 is 0 Å². The van der Waals surface area contributed by atoms with E-state index in [1.54, 1.807) is 12.2 Å². The number of nitrogens with zero attached hydrogens (tertiary/aromatic N) is 3. The Kier molecular flexibility index (Phi) is 7.34. The molecule has 1 saturated heterocycles. The maximum absolute atomic E-state index is 12.6. The summed E-state index contributed by atoms with van der Waals surface area (Å²) >= 11 is 0.